The van der Waals surface area contributed by atoms with E-state index in [-0.39, 0.29) is 0 Å². The standard InChI is InChI=1S/C15H11N3/c1-2-5-12(6-3-1)13-7-4-8-18-15(13)14-11-16-9-10-17-14/h1-11H. The molecule has 0 fully saturated rings. The smallest absolute Gasteiger partial charge is 0.108 e. The van der Waals surface area contributed by atoms with Crippen LogP contribution >= 0.6 is 0 Å². The Morgan fingerprint density at radius 2 is 1.61 bits per heavy atom. The number of rotatable bonds is 2. The van der Waals surface area contributed by atoms with Crippen LogP contribution in [-0.2, 0) is 0 Å². The molecule has 0 bridgehead atoms. The second-order valence-electron chi connectivity index (χ2n) is 3.86. The molecule has 0 radical (unpaired) electrons. The molecule has 1 aromatic carbocycles. The topological polar surface area (TPSA) is 38.7 Å². The maximum atomic E-state index is 4.42. The average molecular weight is 233 g/mol. The molecule has 3 rings (SSSR count). The summed E-state index contributed by atoms with van der Waals surface area (Å²) in [6.45, 7) is 0. The number of aromatic nitrogens is 3. The predicted molar refractivity (Wildman–Crippen MR) is 70.7 cm³/mol. The van der Waals surface area contributed by atoms with Gasteiger partial charge in [0.25, 0.3) is 0 Å². The van der Waals surface area contributed by atoms with Crippen LogP contribution in [0.5, 0.6) is 0 Å². The number of nitrogens with zero attached hydrogens (tertiary/aromatic N) is 3. The summed E-state index contributed by atoms with van der Waals surface area (Å²) in [4.78, 5) is 12.8. The van der Waals surface area contributed by atoms with Gasteiger partial charge in [-0.2, -0.15) is 0 Å². The molecular formula is C15H11N3. The van der Waals surface area contributed by atoms with Crippen LogP contribution in [0.4, 0.5) is 0 Å². The van der Waals surface area contributed by atoms with Gasteiger partial charge in [-0.15, -0.1) is 0 Å². The second-order valence-corrected chi connectivity index (χ2v) is 3.86. The Labute approximate surface area is 105 Å². The molecule has 0 aliphatic heterocycles. The third-order valence-corrected chi connectivity index (χ3v) is 2.70. The molecule has 2 heterocycles. The van der Waals surface area contributed by atoms with Gasteiger partial charge in [0.2, 0.25) is 0 Å². The quantitative estimate of drug-likeness (QED) is 0.682. The Bertz CT molecular complexity index is 578. The molecule has 0 saturated carbocycles. The van der Waals surface area contributed by atoms with Crippen molar-refractivity contribution in [3.63, 3.8) is 0 Å². The highest BCUT2D eigenvalue weighted by atomic mass is 14.8. The highest BCUT2D eigenvalue weighted by molar-refractivity contribution is 5.78. The van der Waals surface area contributed by atoms with Crippen molar-refractivity contribution in [3.8, 4) is 22.5 Å². The molecule has 0 saturated heterocycles. The van der Waals surface area contributed by atoms with Gasteiger partial charge < -0.3 is 0 Å². The first-order valence-corrected chi connectivity index (χ1v) is 5.72. The Morgan fingerprint density at radius 3 is 2.39 bits per heavy atom. The maximum Gasteiger partial charge on any atom is 0.108 e. The summed E-state index contributed by atoms with van der Waals surface area (Å²) in [6, 6.07) is 14.1. The van der Waals surface area contributed by atoms with Gasteiger partial charge in [-0.1, -0.05) is 36.4 Å². The molecule has 0 N–H and O–H groups in total. The van der Waals surface area contributed by atoms with Gasteiger partial charge in [-0.25, -0.2) is 0 Å². The lowest BCUT2D eigenvalue weighted by molar-refractivity contribution is 1.18. The van der Waals surface area contributed by atoms with E-state index in [0.29, 0.717) is 0 Å². The molecule has 3 nitrogen and oxygen atoms in total. The molecule has 86 valence electrons. The Hall–Kier alpha value is -2.55. The van der Waals surface area contributed by atoms with Gasteiger partial charge in [0, 0.05) is 24.2 Å². The molecule has 0 aliphatic rings. The summed E-state index contributed by atoms with van der Waals surface area (Å²) < 4.78 is 0. The Morgan fingerprint density at radius 1 is 0.722 bits per heavy atom. The van der Waals surface area contributed by atoms with Crippen molar-refractivity contribution in [2.24, 2.45) is 0 Å². The van der Waals surface area contributed by atoms with Crippen molar-refractivity contribution in [1.29, 1.82) is 0 Å². The summed E-state index contributed by atoms with van der Waals surface area (Å²) in [5, 5.41) is 0. The fourth-order valence-electron chi connectivity index (χ4n) is 1.88. The summed E-state index contributed by atoms with van der Waals surface area (Å²) >= 11 is 0. The summed E-state index contributed by atoms with van der Waals surface area (Å²) in [5.41, 5.74) is 3.85. The van der Waals surface area contributed by atoms with Crippen LogP contribution in [0.1, 0.15) is 0 Å². The van der Waals surface area contributed by atoms with E-state index in [1.165, 1.54) is 0 Å². The predicted octanol–water partition coefficient (Wildman–Crippen LogP) is 3.21. The second kappa shape index (κ2) is 4.75. The van der Waals surface area contributed by atoms with E-state index < -0.39 is 0 Å². The molecule has 18 heavy (non-hydrogen) atoms. The SMILES string of the molecule is c1ccc(-c2cccnc2-c2cnccn2)cc1. The van der Waals surface area contributed by atoms with E-state index in [2.05, 4.69) is 27.1 Å². The molecule has 0 amide bonds. The van der Waals surface area contributed by atoms with E-state index in [1.54, 1.807) is 24.8 Å². The van der Waals surface area contributed by atoms with Gasteiger partial charge in [0.05, 0.1) is 11.9 Å². The van der Waals surface area contributed by atoms with Crippen LogP contribution in [-0.4, -0.2) is 15.0 Å². The van der Waals surface area contributed by atoms with Crippen molar-refractivity contribution in [3.05, 3.63) is 67.3 Å². The van der Waals surface area contributed by atoms with E-state index >= 15 is 0 Å². The van der Waals surface area contributed by atoms with E-state index in [0.717, 1.165) is 22.5 Å². The highest BCUT2D eigenvalue weighted by Crippen LogP contribution is 2.27. The van der Waals surface area contributed by atoms with Crippen molar-refractivity contribution in [2.75, 3.05) is 0 Å². The zero-order valence-corrected chi connectivity index (χ0v) is 9.69. The maximum absolute atomic E-state index is 4.42. The zero-order chi connectivity index (χ0) is 12.2. The first-order valence-electron chi connectivity index (χ1n) is 5.72. The lowest BCUT2D eigenvalue weighted by atomic mass is 10.0. The van der Waals surface area contributed by atoms with Gasteiger partial charge in [-0.3, -0.25) is 15.0 Å². The summed E-state index contributed by atoms with van der Waals surface area (Å²) in [7, 11) is 0. The fraction of sp³-hybridized carbons (Fsp3) is 0. The molecule has 3 heteroatoms. The van der Waals surface area contributed by atoms with Gasteiger partial charge >= 0.3 is 0 Å². The van der Waals surface area contributed by atoms with Gasteiger partial charge in [0.1, 0.15) is 5.69 Å². The molecule has 0 atom stereocenters. The number of hydrogen-bond donors (Lipinski definition) is 0. The molecule has 0 unspecified atom stereocenters. The van der Waals surface area contributed by atoms with Crippen molar-refractivity contribution in [2.45, 2.75) is 0 Å². The lowest BCUT2D eigenvalue weighted by Gasteiger charge is -2.07. The van der Waals surface area contributed by atoms with Crippen LogP contribution < -0.4 is 0 Å². The van der Waals surface area contributed by atoms with Gasteiger partial charge in [-0.05, 0) is 11.6 Å². The summed E-state index contributed by atoms with van der Waals surface area (Å²) in [6.07, 6.45) is 6.85. The van der Waals surface area contributed by atoms with Crippen LogP contribution in [0.2, 0.25) is 0 Å². The largest absolute Gasteiger partial charge is 0.261 e. The molecule has 0 spiro atoms. The van der Waals surface area contributed by atoms with Crippen LogP contribution in [0.25, 0.3) is 22.5 Å². The van der Waals surface area contributed by atoms with Crippen LogP contribution in [0.15, 0.2) is 67.3 Å². The zero-order valence-electron chi connectivity index (χ0n) is 9.69. The summed E-state index contributed by atoms with van der Waals surface area (Å²) in [5.74, 6) is 0. The normalized spacial score (nSPS) is 10.2. The lowest BCUT2D eigenvalue weighted by Crippen LogP contribution is -1.91. The molecule has 2 aromatic heterocycles. The highest BCUT2D eigenvalue weighted by Gasteiger charge is 2.08. The first kappa shape index (κ1) is 10.6. The monoisotopic (exact) mass is 233 g/mol. The molecule has 3 aromatic rings. The minimum absolute atomic E-state index is 0.789. The number of pyridine rings is 1. The fourth-order valence-corrected chi connectivity index (χ4v) is 1.88. The van der Waals surface area contributed by atoms with E-state index in [9.17, 15) is 0 Å². The van der Waals surface area contributed by atoms with Gasteiger partial charge in [0.15, 0.2) is 0 Å². The van der Waals surface area contributed by atoms with Crippen molar-refractivity contribution < 1.29 is 0 Å². The Kier molecular flexibility index (Phi) is 2.80. The minimum Gasteiger partial charge on any atom is -0.261 e. The van der Waals surface area contributed by atoms with Crippen LogP contribution in [0, 0.1) is 0 Å². The number of hydrogen-bond acceptors (Lipinski definition) is 3. The number of benzene rings is 1. The van der Waals surface area contributed by atoms with Crippen LogP contribution in [0.3, 0.4) is 0 Å². The molecule has 0 aliphatic carbocycles. The third kappa shape index (κ3) is 1.98. The average Bonchev–Trinajstić information content (AvgIpc) is 2.49. The molecular weight excluding hydrogens is 222 g/mol. The van der Waals surface area contributed by atoms with E-state index in [1.807, 2.05) is 30.3 Å². The van der Waals surface area contributed by atoms with E-state index in [4.69, 9.17) is 0 Å². The first-order chi connectivity index (χ1) is 8.95. The van der Waals surface area contributed by atoms with Crippen molar-refractivity contribution >= 4 is 0 Å². The Balaban J connectivity index is 2.18. The minimum atomic E-state index is 0.789. The van der Waals surface area contributed by atoms with Crippen molar-refractivity contribution in [1.82, 2.24) is 15.0 Å². The third-order valence-electron chi connectivity index (χ3n) is 2.70.